The van der Waals surface area contributed by atoms with E-state index in [4.69, 9.17) is 11.6 Å². The molecule has 4 aromatic carbocycles. The first kappa shape index (κ1) is 26.9. The second-order valence-corrected chi connectivity index (χ2v) is 9.92. The summed E-state index contributed by atoms with van der Waals surface area (Å²) in [4.78, 5) is 39.3. The Balaban J connectivity index is 1.44. The van der Waals surface area contributed by atoms with Gasteiger partial charge in [0.05, 0.1) is 10.8 Å². The highest BCUT2D eigenvalue weighted by molar-refractivity contribution is 8.00. The fourth-order valence-corrected chi connectivity index (χ4v) is 4.54. The van der Waals surface area contributed by atoms with Gasteiger partial charge in [0.1, 0.15) is 5.70 Å². The van der Waals surface area contributed by atoms with Gasteiger partial charge >= 0.3 is 0 Å². The highest BCUT2D eigenvalue weighted by Gasteiger charge is 2.15. The van der Waals surface area contributed by atoms with Gasteiger partial charge < -0.3 is 10.6 Å². The summed E-state index contributed by atoms with van der Waals surface area (Å²) in [6, 6.07) is 30.5. The van der Waals surface area contributed by atoms with Crippen molar-refractivity contribution in [2.45, 2.75) is 11.8 Å². The Morgan fingerprint density at radius 3 is 2.16 bits per heavy atom. The molecule has 0 aliphatic heterocycles. The molecule has 5 nitrogen and oxygen atoms in total. The summed E-state index contributed by atoms with van der Waals surface area (Å²) >= 11 is 7.50. The second kappa shape index (κ2) is 12.9. The Morgan fingerprint density at radius 1 is 0.816 bits per heavy atom. The van der Waals surface area contributed by atoms with Gasteiger partial charge in [0.25, 0.3) is 11.8 Å². The Hall–Kier alpha value is -4.13. The molecular formula is C31H25ClN2O3S. The Labute approximate surface area is 230 Å². The average molecular weight is 541 g/mol. The maximum atomic E-state index is 13.2. The third-order valence-corrected chi connectivity index (χ3v) is 6.92. The number of carbonyl (C=O) groups excluding carboxylic acids is 3. The van der Waals surface area contributed by atoms with Crippen LogP contribution in [0.1, 0.15) is 31.8 Å². The molecule has 0 aromatic heterocycles. The molecule has 0 atom stereocenters. The average Bonchev–Trinajstić information content (AvgIpc) is 2.94. The standard InChI is InChI=1S/C31H25ClN2O3S/c1-21-11-13-22(14-12-21)19-28(34-30(36)23-7-3-2-4-8-23)31(37)33-24-15-17-25(18-16-24)38-20-29(35)26-9-5-6-10-27(26)32/h2-19H,20H2,1H3,(H,33,37)(H,34,36)/b28-19-. The molecule has 2 N–H and O–H groups in total. The number of Topliss-reactive ketones (excluding diaryl/α,β-unsaturated/α-hetero) is 1. The number of nitrogens with one attached hydrogen (secondary N) is 2. The minimum Gasteiger partial charge on any atom is -0.321 e. The molecule has 0 heterocycles. The van der Waals surface area contributed by atoms with Crippen LogP contribution in [-0.4, -0.2) is 23.4 Å². The summed E-state index contributed by atoms with van der Waals surface area (Å²) in [5.74, 6) is -0.652. The molecule has 0 bridgehead atoms. The van der Waals surface area contributed by atoms with Crippen LogP contribution in [0.15, 0.2) is 114 Å². The number of anilines is 1. The molecular weight excluding hydrogens is 516 g/mol. The van der Waals surface area contributed by atoms with Crippen LogP contribution in [0.5, 0.6) is 0 Å². The zero-order valence-electron chi connectivity index (χ0n) is 20.6. The normalized spacial score (nSPS) is 11.1. The van der Waals surface area contributed by atoms with E-state index in [-0.39, 0.29) is 23.1 Å². The number of carbonyl (C=O) groups is 3. The van der Waals surface area contributed by atoms with Crippen LogP contribution < -0.4 is 10.6 Å². The molecule has 7 heteroatoms. The van der Waals surface area contributed by atoms with Crippen molar-refractivity contribution in [1.82, 2.24) is 5.32 Å². The second-order valence-electron chi connectivity index (χ2n) is 8.46. The van der Waals surface area contributed by atoms with E-state index < -0.39 is 5.91 Å². The summed E-state index contributed by atoms with van der Waals surface area (Å²) in [5, 5.41) is 6.01. The summed E-state index contributed by atoms with van der Waals surface area (Å²) < 4.78 is 0. The molecule has 2 amide bonds. The topological polar surface area (TPSA) is 75.3 Å². The summed E-state index contributed by atoms with van der Waals surface area (Å²) in [5.41, 5.74) is 3.49. The first-order chi connectivity index (χ1) is 18.4. The number of halogens is 1. The SMILES string of the molecule is Cc1ccc(/C=C(\NC(=O)c2ccccc2)C(=O)Nc2ccc(SCC(=O)c3ccccc3Cl)cc2)cc1. The highest BCUT2D eigenvalue weighted by atomic mass is 35.5. The number of benzene rings is 4. The lowest BCUT2D eigenvalue weighted by molar-refractivity contribution is -0.113. The lowest BCUT2D eigenvalue weighted by Gasteiger charge is -2.12. The zero-order valence-corrected chi connectivity index (χ0v) is 22.2. The molecule has 0 fully saturated rings. The van der Waals surface area contributed by atoms with Crippen molar-refractivity contribution in [2.24, 2.45) is 0 Å². The summed E-state index contributed by atoms with van der Waals surface area (Å²) in [6.45, 7) is 1.98. The quantitative estimate of drug-likeness (QED) is 0.136. The lowest BCUT2D eigenvalue weighted by Crippen LogP contribution is -2.30. The van der Waals surface area contributed by atoms with E-state index in [9.17, 15) is 14.4 Å². The predicted octanol–water partition coefficient (Wildman–Crippen LogP) is 7.03. The number of amides is 2. The van der Waals surface area contributed by atoms with Gasteiger partial charge in [-0.05, 0) is 67.1 Å². The van der Waals surface area contributed by atoms with E-state index in [1.54, 1.807) is 66.7 Å². The zero-order chi connectivity index (χ0) is 26.9. The molecule has 38 heavy (non-hydrogen) atoms. The van der Waals surface area contributed by atoms with Crippen molar-refractivity contribution in [3.8, 4) is 0 Å². The van der Waals surface area contributed by atoms with Crippen LogP contribution in [0.3, 0.4) is 0 Å². The van der Waals surface area contributed by atoms with Gasteiger partial charge in [-0.1, -0.05) is 71.8 Å². The van der Waals surface area contributed by atoms with Gasteiger partial charge in [-0.15, -0.1) is 11.8 Å². The van der Waals surface area contributed by atoms with Crippen LogP contribution in [0.2, 0.25) is 5.02 Å². The smallest absolute Gasteiger partial charge is 0.272 e. The van der Waals surface area contributed by atoms with Crippen molar-refractivity contribution >= 4 is 52.7 Å². The van der Waals surface area contributed by atoms with E-state index in [0.717, 1.165) is 16.0 Å². The maximum Gasteiger partial charge on any atom is 0.272 e. The van der Waals surface area contributed by atoms with E-state index in [1.165, 1.54) is 11.8 Å². The van der Waals surface area contributed by atoms with Crippen LogP contribution in [0.25, 0.3) is 6.08 Å². The molecule has 0 spiro atoms. The van der Waals surface area contributed by atoms with Crippen molar-refractivity contribution in [3.05, 3.63) is 136 Å². The van der Waals surface area contributed by atoms with E-state index >= 15 is 0 Å². The van der Waals surface area contributed by atoms with Gasteiger partial charge in [0.2, 0.25) is 0 Å². The van der Waals surface area contributed by atoms with Crippen molar-refractivity contribution in [1.29, 1.82) is 0 Å². The lowest BCUT2D eigenvalue weighted by atomic mass is 10.1. The minimum atomic E-state index is -0.454. The van der Waals surface area contributed by atoms with E-state index in [0.29, 0.717) is 21.8 Å². The summed E-state index contributed by atoms with van der Waals surface area (Å²) in [6.07, 6.45) is 1.64. The number of thioether (sulfide) groups is 1. The van der Waals surface area contributed by atoms with Gasteiger partial charge in [0, 0.05) is 21.7 Å². The fraction of sp³-hybridized carbons (Fsp3) is 0.0645. The first-order valence-corrected chi connectivity index (χ1v) is 13.2. The molecule has 4 rings (SSSR count). The van der Waals surface area contributed by atoms with Crippen LogP contribution in [-0.2, 0) is 4.79 Å². The predicted molar refractivity (Wildman–Crippen MR) is 155 cm³/mol. The maximum absolute atomic E-state index is 13.2. The molecule has 0 aliphatic rings. The third-order valence-electron chi connectivity index (χ3n) is 5.57. The minimum absolute atomic E-state index is 0.0574. The fourth-order valence-electron chi connectivity index (χ4n) is 3.52. The monoisotopic (exact) mass is 540 g/mol. The van der Waals surface area contributed by atoms with Gasteiger partial charge in [-0.3, -0.25) is 14.4 Å². The Kier molecular flexibility index (Phi) is 9.14. The molecule has 190 valence electrons. The van der Waals surface area contributed by atoms with Crippen molar-refractivity contribution < 1.29 is 14.4 Å². The Bertz CT molecular complexity index is 1470. The van der Waals surface area contributed by atoms with E-state index in [1.807, 2.05) is 49.4 Å². The molecule has 0 saturated carbocycles. The van der Waals surface area contributed by atoms with Crippen LogP contribution in [0, 0.1) is 6.92 Å². The van der Waals surface area contributed by atoms with Gasteiger partial charge in [-0.2, -0.15) is 0 Å². The van der Waals surface area contributed by atoms with Gasteiger partial charge in [-0.25, -0.2) is 0 Å². The molecule has 0 aliphatic carbocycles. The third kappa shape index (κ3) is 7.44. The molecule has 0 radical (unpaired) electrons. The number of hydrogen-bond donors (Lipinski definition) is 2. The summed E-state index contributed by atoms with van der Waals surface area (Å²) in [7, 11) is 0. The molecule has 0 saturated heterocycles. The largest absolute Gasteiger partial charge is 0.321 e. The number of ketones is 1. The van der Waals surface area contributed by atoms with Crippen LogP contribution in [0.4, 0.5) is 5.69 Å². The van der Waals surface area contributed by atoms with Crippen molar-refractivity contribution in [3.63, 3.8) is 0 Å². The van der Waals surface area contributed by atoms with Crippen LogP contribution >= 0.6 is 23.4 Å². The number of hydrogen-bond acceptors (Lipinski definition) is 4. The van der Waals surface area contributed by atoms with E-state index in [2.05, 4.69) is 10.6 Å². The number of aryl methyl sites for hydroxylation is 1. The Morgan fingerprint density at radius 2 is 1.47 bits per heavy atom. The number of rotatable bonds is 9. The van der Waals surface area contributed by atoms with Crippen molar-refractivity contribution in [2.75, 3.05) is 11.1 Å². The molecule has 4 aromatic rings. The highest BCUT2D eigenvalue weighted by Crippen LogP contribution is 2.24. The molecule has 0 unspecified atom stereocenters. The first-order valence-electron chi connectivity index (χ1n) is 11.9. The van der Waals surface area contributed by atoms with Gasteiger partial charge in [0.15, 0.2) is 5.78 Å².